The van der Waals surface area contributed by atoms with Crippen molar-refractivity contribution in [3.63, 3.8) is 0 Å². The zero-order valence-electron chi connectivity index (χ0n) is 18.1. The van der Waals surface area contributed by atoms with Crippen LogP contribution in [0.15, 0.2) is 59.1 Å². The van der Waals surface area contributed by atoms with Crippen molar-refractivity contribution in [3.8, 4) is 17.0 Å². The van der Waals surface area contributed by atoms with E-state index in [4.69, 9.17) is 16.3 Å². The molecule has 5 rings (SSSR count). The first-order valence-corrected chi connectivity index (χ1v) is 12.9. The summed E-state index contributed by atoms with van der Waals surface area (Å²) in [6, 6.07) is 6.72. The number of hydrogen-bond donors (Lipinski definition) is 1. The molecular formula is C21H15ClFN7O3S2. The van der Waals surface area contributed by atoms with E-state index >= 15 is 4.39 Å². The Labute approximate surface area is 207 Å². The van der Waals surface area contributed by atoms with Gasteiger partial charge in [0.25, 0.3) is 10.0 Å². The third-order valence-electron chi connectivity index (χ3n) is 5.05. The Morgan fingerprint density at radius 2 is 1.94 bits per heavy atom. The normalized spacial score (nSPS) is 11.8. The second kappa shape index (κ2) is 8.91. The lowest BCUT2D eigenvalue weighted by Gasteiger charge is -2.13. The average Bonchev–Trinajstić information content (AvgIpc) is 3.35. The van der Waals surface area contributed by atoms with Crippen molar-refractivity contribution in [3.05, 3.63) is 59.9 Å². The first-order valence-electron chi connectivity index (χ1n) is 9.86. The van der Waals surface area contributed by atoms with Crippen molar-refractivity contribution in [1.82, 2.24) is 29.5 Å². The van der Waals surface area contributed by atoms with Gasteiger partial charge in [0.05, 0.1) is 12.1 Å². The second-order valence-electron chi connectivity index (χ2n) is 7.18. The van der Waals surface area contributed by atoms with Crippen molar-refractivity contribution >= 4 is 55.8 Å². The number of aromatic nitrogens is 6. The van der Waals surface area contributed by atoms with Gasteiger partial charge in [0.15, 0.2) is 21.3 Å². The predicted octanol–water partition coefficient (Wildman–Crippen LogP) is 4.06. The van der Waals surface area contributed by atoms with Gasteiger partial charge in [-0.05, 0) is 36.6 Å². The van der Waals surface area contributed by atoms with E-state index in [2.05, 4.69) is 29.9 Å². The van der Waals surface area contributed by atoms with Crippen LogP contribution < -0.4 is 9.46 Å². The van der Waals surface area contributed by atoms with Gasteiger partial charge < -0.3 is 4.74 Å². The molecule has 4 heterocycles. The molecule has 0 fully saturated rings. The van der Waals surface area contributed by atoms with E-state index < -0.39 is 15.8 Å². The molecule has 10 nitrogen and oxygen atoms in total. The van der Waals surface area contributed by atoms with Crippen LogP contribution >= 0.6 is 23.4 Å². The maximum absolute atomic E-state index is 15.0. The minimum atomic E-state index is -4.16. The van der Waals surface area contributed by atoms with Crippen LogP contribution in [0.2, 0.25) is 5.02 Å². The van der Waals surface area contributed by atoms with E-state index in [0.29, 0.717) is 27.4 Å². The van der Waals surface area contributed by atoms with Crippen molar-refractivity contribution < 1.29 is 17.5 Å². The molecule has 0 unspecified atom stereocenters. The lowest BCUT2D eigenvalue weighted by molar-refractivity contribution is 0.385. The second-order valence-corrected chi connectivity index (χ2v) is 10.0. The van der Waals surface area contributed by atoms with Gasteiger partial charge in [0, 0.05) is 34.6 Å². The van der Waals surface area contributed by atoms with Crippen LogP contribution in [0.1, 0.15) is 0 Å². The predicted molar refractivity (Wildman–Crippen MR) is 130 cm³/mol. The Bertz CT molecular complexity index is 1710. The Morgan fingerprint density at radius 3 is 2.71 bits per heavy atom. The van der Waals surface area contributed by atoms with Crippen molar-refractivity contribution in [1.29, 1.82) is 0 Å². The molecule has 4 aromatic heterocycles. The van der Waals surface area contributed by atoms with Crippen molar-refractivity contribution in [2.45, 2.75) is 10.1 Å². The highest BCUT2D eigenvalue weighted by Crippen LogP contribution is 2.33. The number of nitrogens with one attached hydrogen (secondary N) is 1. The molecule has 0 saturated heterocycles. The molecule has 0 spiro atoms. The van der Waals surface area contributed by atoms with Crippen LogP contribution in [0.3, 0.4) is 0 Å². The number of sulfonamides is 1. The summed E-state index contributed by atoms with van der Waals surface area (Å²) in [5.74, 6) is -0.714. The number of nitrogens with zero attached hydrogens (tertiary/aromatic N) is 6. The van der Waals surface area contributed by atoms with E-state index in [1.165, 1.54) is 49.6 Å². The molecule has 0 saturated carbocycles. The third-order valence-corrected chi connectivity index (χ3v) is 7.19. The molecule has 0 aliphatic carbocycles. The van der Waals surface area contributed by atoms with Gasteiger partial charge in [0.2, 0.25) is 5.88 Å². The monoisotopic (exact) mass is 531 g/mol. The molecule has 0 amide bonds. The Morgan fingerprint density at radius 1 is 1.11 bits per heavy atom. The first kappa shape index (κ1) is 23.2. The van der Waals surface area contributed by atoms with Crippen LogP contribution in [0.5, 0.6) is 5.88 Å². The van der Waals surface area contributed by atoms with Crippen LogP contribution in [-0.4, -0.2) is 51.3 Å². The van der Waals surface area contributed by atoms with Crippen LogP contribution in [0, 0.1) is 5.82 Å². The zero-order valence-corrected chi connectivity index (χ0v) is 20.5. The number of pyridine rings is 2. The number of ether oxygens (including phenoxy) is 1. The van der Waals surface area contributed by atoms with Gasteiger partial charge in [-0.1, -0.05) is 23.4 Å². The molecule has 0 radical (unpaired) electrons. The van der Waals surface area contributed by atoms with E-state index in [9.17, 15) is 8.42 Å². The maximum atomic E-state index is 15.0. The van der Waals surface area contributed by atoms with Gasteiger partial charge in [-0.15, -0.1) is 10.2 Å². The van der Waals surface area contributed by atoms with Gasteiger partial charge in [-0.2, -0.15) is 0 Å². The lowest BCUT2D eigenvalue weighted by atomic mass is 10.0. The summed E-state index contributed by atoms with van der Waals surface area (Å²) in [7, 11) is -2.87. The van der Waals surface area contributed by atoms with Crippen LogP contribution in [0.25, 0.3) is 27.8 Å². The molecule has 0 bridgehead atoms. The van der Waals surface area contributed by atoms with Crippen LogP contribution in [-0.2, 0) is 10.0 Å². The maximum Gasteiger partial charge on any atom is 0.267 e. The molecule has 35 heavy (non-hydrogen) atoms. The molecule has 0 atom stereocenters. The van der Waals surface area contributed by atoms with E-state index in [1.54, 1.807) is 16.7 Å². The van der Waals surface area contributed by atoms with E-state index in [-0.39, 0.29) is 27.0 Å². The molecule has 178 valence electrons. The molecular weight excluding hydrogens is 517 g/mol. The fourth-order valence-corrected chi connectivity index (χ4v) is 5.26. The summed E-state index contributed by atoms with van der Waals surface area (Å²) in [6.45, 7) is 0. The highest BCUT2D eigenvalue weighted by atomic mass is 35.5. The molecule has 1 aromatic carbocycles. The Hall–Kier alpha value is -3.55. The largest absolute Gasteiger partial charge is 0.480 e. The minimum Gasteiger partial charge on any atom is -0.480 e. The summed E-state index contributed by atoms with van der Waals surface area (Å²) >= 11 is 7.32. The molecule has 1 N–H and O–H groups in total. The van der Waals surface area contributed by atoms with Crippen molar-refractivity contribution in [2.24, 2.45) is 0 Å². The summed E-state index contributed by atoms with van der Waals surface area (Å²) in [5.41, 5.74) is 1.51. The van der Waals surface area contributed by atoms with Crippen LogP contribution in [0.4, 0.5) is 10.1 Å². The fourth-order valence-electron chi connectivity index (χ4n) is 3.51. The highest BCUT2D eigenvalue weighted by molar-refractivity contribution is 7.98. The molecule has 0 aliphatic heterocycles. The smallest absolute Gasteiger partial charge is 0.267 e. The number of hydrogen-bond acceptors (Lipinski definition) is 9. The van der Waals surface area contributed by atoms with Crippen molar-refractivity contribution in [2.75, 3.05) is 18.1 Å². The summed E-state index contributed by atoms with van der Waals surface area (Å²) in [6.07, 6.45) is 6.22. The standard InChI is InChI=1S/C21H15ClFN7O3S2/c1-33-20-17(6-12(22)9-24-20)35(31,32)29-13-3-4-16(23)14(7-13)15-5-11-8-25-21(34-2)27-18(11)30-10-26-28-19(15)30/h3-10,29H,1-2H3. The van der Waals surface area contributed by atoms with E-state index in [0.717, 1.165) is 6.07 Å². The summed E-state index contributed by atoms with van der Waals surface area (Å²) in [5, 5.41) is 9.38. The lowest BCUT2D eigenvalue weighted by Crippen LogP contribution is -2.15. The zero-order chi connectivity index (χ0) is 24.7. The average molecular weight is 532 g/mol. The van der Waals surface area contributed by atoms with Gasteiger partial charge in [-0.25, -0.2) is 27.8 Å². The molecule has 5 aromatic rings. The topological polar surface area (TPSA) is 124 Å². The van der Waals surface area contributed by atoms with E-state index in [1.807, 2.05) is 6.26 Å². The third kappa shape index (κ3) is 4.22. The Balaban J connectivity index is 1.63. The minimum absolute atomic E-state index is 0.107. The number of rotatable bonds is 6. The quantitative estimate of drug-likeness (QED) is 0.255. The summed E-state index contributed by atoms with van der Waals surface area (Å²) in [4.78, 5) is 12.4. The number of benzene rings is 1. The first-order chi connectivity index (χ1) is 16.8. The fraction of sp³-hybridized carbons (Fsp3) is 0.0952. The number of fused-ring (bicyclic) bond motifs is 3. The Kier molecular flexibility index (Phi) is 5.91. The number of methoxy groups -OCH3 is 1. The number of anilines is 1. The van der Waals surface area contributed by atoms with Gasteiger partial charge in [-0.3, -0.25) is 9.12 Å². The number of halogens is 2. The SMILES string of the molecule is COc1ncc(Cl)cc1S(=O)(=O)Nc1ccc(F)c(-c2cc3cnc(SC)nc3n3cnnc23)c1. The molecule has 0 aliphatic rings. The van der Waals surface area contributed by atoms with Gasteiger partial charge >= 0.3 is 0 Å². The molecule has 14 heteroatoms. The number of thioether (sulfide) groups is 1. The van der Waals surface area contributed by atoms with Gasteiger partial charge in [0.1, 0.15) is 12.1 Å². The summed E-state index contributed by atoms with van der Waals surface area (Å²) < 4.78 is 50.2. The highest BCUT2D eigenvalue weighted by Gasteiger charge is 2.23.